The molecule has 1 saturated heterocycles. The third kappa shape index (κ3) is 5.04. The van der Waals surface area contributed by atoms with Crippen molar-refractivity contribution in [1.29, 1.82) is 0 Å². The molecule has 0 aromatic heterocycles. The number of ether oxygens (including phenoxy) is 1. The van der Waals surface area contributed by atoms with Crippen molar-refractivity contribution >= 4 is 11.9 Å². The molecule has 0 aromatic rings. The molecule has 104 valence electrons. The van der Waals surface area contributed by atoms with Crippen LogP contribution in [0.15, 0.2) is 0 Å². The third-order valence-corrected chi connectivity index (χ3v) is 3.34. The minimum atomic E-state index is -0.263. The molecular weight excluding hydrogens is 232 g/mol. The summed E-state index contributed by atoms with van der Waals surface area (Å²) >= 11 is 0. The number of hydrogen-bond donors (Lipinski definition) is 2. The summed E-state index contributed by atoms with van der Waals surface area (Å²) in [6.45, 7) is 5.56. The van der Waals surface area contributed by atoms with Gasteiger partial charge in [0.05, 0.1) is 19.1 Å². The topological polar surface area (TPSA) is 67.4 Å². The molecule has 0 radical (unpaired) electrons. The fourth-order valence-electron chi connectivity index (χ4n) is 2.21. The van der Waals surface area contributed by atoms with Gasteiger partial charge in [0.2, 0.25) is 5.91 Å². The molecule has 2 unspecified atom stereocenters. The zero-order valence-corrected chi connectivity index (χ0v) is 11.3. The van der Waals surface area contributed by atoms with E-state index in [0.29, 0.717) is 19.1 Å². The monoisotopic (exact) mass is 256 g/mol. The summed E-state index contributed by atoms with van der Waals surface area (Å²) in [5.74, 6) is 0.366. The van der Waals surface area contributed by atoms with Gasteiger partial charge < -0.3 is 15.4 Å². The molecule has 5 heteroatoms. The lowest BCUT2D eigenvalue weighted by atomic mass is 9.90. The van der Waals surface area contributed by atoms with Crippen molar-refractivity contribution in [1.82, 2.24) is 10.6 Å². The number of carbonyl (C=O) groups excluding carboxylic acids is 2. The number of hydrogen-bond acceptors (Lipinski definition) is 4. The lowest BCUT2D eigenvalue weighted by molar-refractivity contribution is -0.143. The highest BCUT2D eigenvalue weighted by Crippen LogP contribution is 2.19. The molecule has 0 bridgehead atoms. The van der Waals surface area contributed by atoms with Gasteiger partial charge in [-0.1, -0.05) is 13.3 Å². The SMILES string of the molecule is CCOC(=O)CCNC(=O)C1CC(CC)CCN1. The predicted octanol–water partition coefficient (Wildman–Crippen LogP) is 0.834. The van der Waals surface area contributed by atoms with Crippen molar-refractivity contribution in [3.05, 3.63) is 0 Å². The van der Waals surface area contributed by atoms with Crippen molar-refractivity contribution in [3.63, 3.8) is 0 Å². The van der Waals surface area contributed by atoms with Gasteiger partial charge >= 0.3 is 5.97 Å². The summed E-state index contributed by atoms with van der Waals surface area (Å²) in [4.78, 5) is 23.0. The maximum Gasteiger partial charge on any atom is 0.307 e. The van der Waals surface area contributed by atoms with Crippen molar-refractivity contribution in [2.24, 2.45) is 5.92 Å². The summed E-state index contributed by atoms with van der Waals surface area (Å²) < 4.78 is 4.80. The van der Waals surface area contributed by atoms with Crippen molar-refractivity contribution in [2.45, 2.75) is 45.6 Å². The standard InChI is InChI=1S/C13H24N2O3/c1-3-10-5-7-14-11(9-10)13(17)15-8-6-12(16)18-4-2/h10-11,14H,3-9H2,1-2H3,(H,15,17). The summed E-state index contributed by atoms with van der Waals surface area (Å²) in [5.41, 5.74) is 0. The van der Waals surface area contributed by atoms with E-state index >= 15 is 0 Å². The van der Waals surface area contributed by atoms with E-state index in [-0.39, 0.29) is 24.3 Å². The Morgan fingerprint density at radius 1 is 1.39 bits per heavy atom. The Kier molecular flexibility index (Phi) is 6.72. The minimum Gasteiger partial charge on any atom is -0.466 e. The van der Waals surface area contributed by atoms with Gasteiger partial charge in [-0.05, 0) is 32.2 Å². The Bertz CT molecular complexity index is 281. The van der Waals surface area contributed by atoms with E-state index in [1.807, 2.05) is 0 Å². The van der Waals surface area contributed by atoms with E-state index < -0.39 is 0 Å². The van der Waals surface area contributed by atoms with E-state index in [0.717, 1.165) is 25.8 Å². The molecule has 1 heterocycles. The molecule has 1 aliphatic heterocycles. The first-order valence-electron chi connectivity index (χ1n) is 6.84. The second-order valence-electron chi connectivity index (χ2n) is 4.65. The second kappa shape index (κ2) is 8.08. The maximum absolute atomic E-state index is 11.9. The molecule has 5 nitrogen and oxygen atoms in total. The molecule has 1 rings (SSSR count). The van der Waals surface area contributed by atoms with Crippen LogP contribution >= 0.6 is 0 Å². The van der Waals surface area contributed by atoms with E-state index in [2.05, 4.69) is 17.6 Å². The first-order chi connectivity index (χ1) is 8.67. The van der Waals surface area contributed by atoms with Crippen LogP contribution in [0.3, 0.4) is 0 Å². The Labute approximate surface area is 109 Å². The van der Waals surface area contributed by atoms with Crippen LogP contribution in [0.1, 0.15) is 39.5 Å². The molecule has 0 spiro atoms. The Morgan fingerprint density at radius 3 is 2.83 bits per heavy atom. The van der Waals surface area contributed by atoms with E-state index in [4.69, 9.17) is 4.74 Å². The zero-order valence-electron chi connectivity index (χ0n) is 11.3. The van der Waals surface area contributed by atoms with Crippen LogP contribution in [0, 0.1) is 5.92 Å². The van der Waals surface area contributed by atoms with Gasteiger partial charge in [0, 0.05) is 6.54 Å². The van der Waals surface area contributed by atoms with Crippen LogP contribution in [0.2, 0.25) is 0 Å². The van der Waals surface area contributed by atoms with Crippen LogP contribution < -0.4 is 10.6 Å². The van der Waals surface area contributed by atoms with Gasteiger partial charge in [0.25, 0.3) is 0 Å². The van der Waals surface area contributed by atoms with Gasteiger partial charge in [0.15, 0.2) is 0 Å². The quantitative estimate of drug-likeness (QED) is 0.691. The fraction of sp³-hybridized carbons (Fsp3) is 0.846. The lowest BCUT2D eigenvalue weighted by Gasteiger charge is -2.28. The molecule has 2 atom stereocenters. The maximum atomic E-state index is 11.9. The van der Waals surface area contributed by atoms with Crippen LogP contribution in [0.25, 0.3) is 0 Å². The Balaban J connectivity index is 2.21. The highest BCUT2D eigenvalue weighted by atomic mass is 16.5. The highest BCUT2D eigenvalue weighted by Gasteiger charge is 2.25. The minimum absolute atomic E-state index is 0.00236. The molecule has 0 aliphatic carbocycles. The first kappa shape index (κ1) is 15.0. The first-order valence-corrected chi connectivity index (χ1v) is 6.84. The largest absolute Gasteiger partial charge is 0.466 e. The van der Waals surface area contributed by atoms with Crippen LogP contribution in [0.5, 0.6) is 0 Å². The van der Waals surface area contributed by atoms with Gasteiger partial charge in [-0.25, -0.2) is 0 Å². The molecule has 1 amide bonds. The van der Waals surface area contributed by atoms with E-state index in [9.17, 15) is 9.59 Å². The molecular formula is C13H24N2O3. The Hall–Kier alpha value is -1.10. The van der Waals surface area contributed by atoms with Crippen molar-refractivity contribution in [2.75, 3.05) is 19.7 Å². The summed E-state index contributed by atoms with van der Waals surface area (Å²) in [5, 5.41) is 6.00. The van der Waals surface area contributed by atoms with E-state index in [1.54, 1.807) is 6.92 Å². The number of esters is 1. The number of rotatable bonds is 6. The zero-order chi connectivity index (χ0) is 13.4. The summed E-state index contributed by atoms with van der Waals surface area (Å²) in [6, 6.07) is -0.106. The van der Waals surface area contributed by atoms with Gasteiger partial charge in [-0.2, -0.15) is 0 Å². The number of carbonyl (C=O) groups is 2. The average Bonchev–Trinajstić information content (AvgIpc) is 2.39. The molecule has 2 N–H and O–H groups in total. The number of piperidine rings is 1. The lowest BCUT2D eigenvalue weighted by Crippen LogP contribution is -2.49. The van der Waals surface area contributed by atoms with Crippen LogP contribution in [0.4, 0.5) is 0 Å². The fourth-order valence-corrected chi connectivity index (χ4v) is 2.21. The van der Waals surface area contributed by atoms with Crippen LogP contribution in [-0.2, 0) is 14.3 Å². The molecule has 1 aliphatic rings. The molecule has 0 saturated carbocycles. The molecule has 1 fully saturated rings. The highest BCUT2D eigenvalue weighted by molar-refractivity contribution is 5.82. The van der Waals surface area contributed by atoms with Gasteiger partial charge in [-0.3, -0.25) is 9.59 Å². The van der Waals surface area contributed by atoms with Crippen LogP contribution in [-0.4, -0.2) is 37.6 Å². The van der Waals surface area contributed by atoms with Gasteiger partial charge in [0.1, 0.15) is 0 Å². The third-order valence-electron chi connectivity index (χ3n) is 3.34. The smallest absolute Gasteiger partial charge is 0.307 e. The van der Waals surface area contributed by atoms with Crippen molar-refractivity contribution < 1.29 is 14.3 Å². The van der Waals surface area contributed by atoms with Gasteiger partial charge in [-0.15, -0.1) is 0 Å². The number of nitrogens with one attached hydrogen (secondary N) is 2. The summed E-state index contributed by atoms with van der Waals surface area (Å²) in [7, 11) is 0. The molecule has 18 heavy (non-hydrogen) atoms. The Morgan fingerprint density at radius 2 is 2.17 bits per heavy atom. The average molecular weight is 256 g/mol. The molecule has 0 aromatic carbocycles. The second-order valence-corrected chi connectivity index (χ2v) is 4.65. The van der Waals surface area contributed by atoms with E-state index in [1.165, 1.54) is 0 Å². The predicted molar refractivity (Wildman–Crippen MR) is 69.1 cm³/mol. The summed E-state index contributed by atoms with van der Waals surface area (Å²) in [6.07, 6.45) is 3.39. The number of amides is 1. The normalized spacial score (nSPS) is 23.4. The van der Waals surface area contributed by atoms with Crippen molar-refractivity contribution in [3.8, 4) is 0 Å².